The van der Waals surface area contributed by atoms with Crippen LogP contribution in [0.25, 0.3) is 0 Å². The molecule has 0 radical (unpaired) electrons. The Morgan fingerprint density at radius 2 is 1.69 bits per heavy atom. The van der Waals surface area contributed by atoms with Gasteiger partial charge in [0.15, 0.2) is 0 Å². The Morgan fingerprint density at radius 1 is 1.12 bits per heavy atom. The Labute approximate surface area is 101 Å². The first-order valence-electron chi connectivity index (χ1n) is 6.45. The van der Waals surface area contributed by atoms with Crippen molar-refractivity contribution in [1.82, 2.24) is 4.90 Å². The molecule has 0 saturated carbocycles. The predicted molar refractivity (Wildman–Crippen MR) is 69.7 cm³/mol. The highest BCUT2D eigenvalue weighted by molar-refractivity contribution is 4.91. The summed E-state index contributed by atoms with van der Waals surface area (Å²) in [5, 5.41) is 0. The van der Waals surface area contributed by atoms with Crippen LogP contribution in [0.5, 0.6) is 0 Å². The van der Waals surface area contributed by atoms with Gasteiger partial charge in [-0.25, -0.2) is 0 Å². The van der Waals surface area contributed by atoms with Gasteiger partial charge in [-0.05, 0) is 52.1 Å². The van der Waals surface area contributed by atoms with Crippen molar-refractivity contribution in [2.75, 3.05) is 20.2 Å². The highest BCUT2D eigenvalue weighted by Gasteiger charge is 2.39. The zero-order valence-electron chi connectivity index (χ0n) is 12.1. The summed E-state index contributed by atoms with van der Waals surface area (Å²) in [5.74, 6) is 0.750. The lowest BCUT2D eigenvalue weighted by Gasteiger charge is -2.35. The average molecular weight is 227 g/mol. The van der Waals surface area contributed by atoms with Crippen LogP contribution >= 0.6 is 0 Å². The summed E-state index contributed by atoms with van der Waals surface area (Å²) >= 11 is 0. The molecular weight excluding hydrogens is 198 g/mol. The van der Waals surface area contributed by atoms with Crippen LogP contribution in [-0.4, -0.2) is 36.7 Å². The SMILES string of the molecule is CN1CCC(C(C)(C)C)C1COC(C)(C)C. The van der Waals surface area contributed by atoms with E-state index in [0.29, 0.717) is 11.5 Å². The van der Waals surface area contributed by atoms with E-state index in [-0.39, 0.29) is 5.60 Å². The fourth-order valence-electron chi connectivity index (χ4n) is 2.60. The van der Waals surface area contributed by atoms with E-state index in [9.17, 15) is 0 Å². The maximum atomic E-state index is 5.97. The third kappa shape index (κ3) is 3.74. The zero-order chi connectivity index (χ0) is 12.6. The highest BCUT2D eigenvalue weighted by Crippen LogP contribution is 2.38. The molecule has 0 aromatic heterocycles. The third-order valence-electron chi connectivity index (χ3n) is 3.62. The first kappa shape index (κ1) is 14.0. The van der Waals surface area contributed by atoms with E-state index in [2.05, 4.69) is 53.5 Å². The summed E-state index contributed by atoms with van der Waals surface area (Å²) in [6.07, 6.45) is 1.30. The monoisotopic (exact) mass is 227 g/mol. The lowest BCUT2D eigenvalue weighted by molar-refractivity contribution is -0.0398. The zero-order valence-corrected chi connectivity index (χ0v) is 12.1. The number of hydrogen-bond acceptors (Lipinski definition) is 2. The topological polar surface area (TPSA) is 12.5 Å². The number of ether oxygens (including phenoxy) is 1. The number of hydrogen-bond donors (Lipinski definition) is 0. The Morgan fingerprint density at radius 3 is 2.12 bits per heavy atom. The summed E-state index contributed by atoms with van der Waals surface area (Å²) in [6.45, 7) is 15.5. The van der Waals surface area contributed by atoms with Gasteiger partial charge in [-0.2, -0.15) is 0 Å². The minimum atomic E-state index is -0.0220. The fraction of sp³-hybridized carbons (Fsp3) is 1.00. The summed E-state index contributed by atoms with van der Waals surface area (Å²) < 4.78 is 5.97. The van der Waals surface area contributed by atoms with Gasteiger partial charge in [-0.15, -0.1) is 0 Å². The van der Waals surface area contributed by atoms with Crippen LogP contribution in [0.4, 0.5) is 0 Å². The van der Waals surface area contributed by atoms with Gasteiger partial charge in [0.25, 0.3) is 0 Å². The number of likely N-dealkylation sites (N-methyl/N-ethyl adjacent to an activating group) is 1. The molecule has 96 valence electrons. The Hall–Kier alpha value is -0.0800. The molecule has 1 rings (SSSR count). The van der Waals surface area contributed by atoms with E-state index >= 15 is 0 Å². The second-order valence-corrected chi connectivity index (χ2v) is 7.23. The Kier molecular flexibility index (Phi) is 4.07. The molecule has 0 aromatic rings. The van der Waals surface area contributed by atoms with Crippen LogP contribution in [0.3, 0.4) is 0 Å². The largest absolute Gasteiger partial charge is 0.374 e. The minimum absolute atomic E-state index is 0.0220. The van der Waals surface area contributed by atoms with Gasteiger partial charge in [-0.3, -0.25) is 0 Å². The summed E-state index contributed by atoms with van der Waals surface area (Å²) in [6, 6.07) is 0.583. The van der Waals surface area contributed by atoms with E-state index in [4.69, 9.17) is 4.74 Å². The van der Waals surface area contributed by atoms with Crippen LogP contribution in [0.15, 0.2) is 0 Å². The van der Waals surface area contributed by atoms with Crippen molar-refractivity contribution in [3.8, 4) is 0 Å². The van der Waals surface area contributed by atoms with E-state index < -0.39 is 0 Å². The smallest absolute Gasteiger partial charge is 0.0631 e. The lowest BCUT2D eigenvalue weighted by Crippen LogP contribution is -2.41. The predicted octanol–water partition coefficient (Wildman–Crippen LogP) is 3.17. The van der Waals surface area contributed by atoms with Crippen molar-refractivity contribution in [2.24, 2.45) is 11.3 Å². The van der Waals surface area contributed by atoms with Crippen LogP contribution in [0, 0.1) is 11.3 Å². The van der Waals surface area contributed by atoms with Gasteiger partial charge >= 0.3 is 0 Å². The molecular formula is C14H29NO. The van der Waals surface area contributed by atoms with Gasteiger partial charge in [0.05, 0.1) is 12.2 Å². The van der Waals surface area contributed by atoms with Crippen LogP contribution < -0.4 is 0 Å². The maximum absolute atomic E-state index is 5.97. The third-order valence-corrected chi connectivity index (χ3v) is 3.62. The van der Waals surface area contributed by atoms with Crippen LogP contribution in [0.1, 0.15) is 48.0 Å². The van der Waals surface area contributed by atoms with Crippen molar-refractivity contribution >= 4 is 0 Å². The maximum Gasteiger partial charge on any atom is 0.0631 e. The number of nitrogens with zero attached hydrogens (tertiary/aromatic N) is 1. The molecule has 2 nitrogen and oxygen atoms in total. The molecule has 1 fully saturated rings. The molecule has 2 atom stereocenters. The van der Waals surface area contributed by atoms with Gasteiger partial charge < -0.3 is 9.64 Å². The van der Waals surface area contributed by atoms with Crippen molar-refractivity contribution in [3.05, 3.63) is 0 Å². The van der Waals surface area contributed by atoms with Crippen molar-refractivity contribution < 1.29 is 4.74 Å². The minimum Gasteiger partial charge on any atom is -0.374 e. The van der Waals surface area contributed by atoms with Gasteiger partial charge in [-0.1, -0.05) is 20.8 Å². The van der Waals surface area contributed by atoms with Gasteiger partial charge in [0.1, 0.15) is 0 Å². The molecule has 1 aliphatic heterocycles. The second kappa shape index (κ2) is 4.66. The average Bonchev–Trinajstić information content (AvgIpc) is 2.41. The summed E-state index contributed by atoms with van der Waals surface area (Å²) in [7, 11) is 2.22. The summed E-state index contributed by atoms with van der Waals surface area (Å²) in [5.41, 5.74) is 0.364. The van der Waals surface area contributed by atoms with Gasteiger partial charge in [0.2, 0.25) is 0 Å². The normalized spacial score (nSPS) is 28.7. The van der Waals surface area contributed by atoms with E-state index in [1.54, 1.807) is 0 Å². The van der Waals surface area contributed by atoms with E-state index in [0.717, 1.165) is 12.5 Å². The van der Waals surface area contributed by atoms with Gasteiger partial charge in [0, 0.05) is 6.04 Å². The fourth-order valence-corrected chi connectivity index (χ4v) is 2.60. The molecule has 0 bridgehead atoms. The van der Waals surface area contributed by atoms with Crippen LogP contribution in [-0.2, 0) is 4.74 Å². The molecule has 0 aromatic carbocycles. The molecule has 0 amide bonds. The molecule has 2 unspecified atom stereocenters. The molecule has 1 saturated heterocycles. The van der Waals surface area contributed by atoms with E-state index in [1.807, 2.05) is 0 Å². The molecule has 1 aliphatic rings. The lowest BCUT2D eigenvalue weighted by atomic mass is 9.76. The summed E-state index contributed by atoms with van der Waals surface area (Å²) in [4.78, 5) is 2.46. The quantitative estimate of drug-likeness (QED) is 0.718. The van der Waals surface area contributed by atoms with Crippen molar-refractivity contribution in [2.45, 2.75) is 59.6 Å². The molecule has 16 heavy (non-hydrogen) atoms. The molecule has 1 heterocycles. The first-order valence-corrected chi connectivity index (χ1v) is 6.45. The number of rotatable bonds is 2. The van der Waals surface area contributed by atoms with Crippen LogP contribution in [0.2, 0.25) is 0 Å². The van der Waals surface area contributed by atoms with Crippen molar-refractivity contribution in [3.63, 3.8) is 0 Å². The van der Waals surface area contributed by atoms with Crippen molar-refractivity contribution in [1.29, 1.82) is 0 Å². The highest BCUT2D eigenvalue weighted by atomic mass is 16.5. The Balaban J connectivity index is 2.61. The molecule has 0 aliphatic carbocycles. The first-order chi connectivity index (χ1) is 7.11. The second-order valence-electron chi connectivity index (χ2n) is 7.23. The molecule has 0 spiro atoms. The molecule has 0 N–H and O–H groups in total. The standard InChI is InChI=1S/C14H29NO/c1-13(2,3)11-8-9-15(7)12(11)10-16-14(4,5)6/h11-12H,8-10H2,1-7H3. The van der Waals surface area contributed by atoms with E-state index in [1.165, 1.54) is 13.0 Å². The Bertz CT molecular complexity index is 224. The molecule has 2 heteroatoms. The number of likely N-dealkylation sites (tertiary alicyclic amines) is 1.